The number of ether oxygens (including phenoxy) is 1. The van der Waals surface area contributed by atoms with Crippen molar-refractivity contribution >= 4 is 0 Å². The molecule has 0 radical (unpaired) electrons. The van der Waals surface area contributed by atoms with Crippen molar-refractivity contribution in [2.75, 3.05) is 20.2 Å². The number of nitrogens with one attached hydrogen (secondary N) is 2. The van der Waals surface area contributed by atoms with Gasteiger partial charge in [-0.1, -0.05) is 12.1 Å². The standard InChI is InChI=1S/C16H28N2O/c1-13(12-18-16(2,3)4)17-10-9-14-7-6-8-15(11-14)19-5/h6-8,11,13,17-18H,9-10,12H2,1-5H3. The molecule has 1 rings (SSSR count). The van der Waals surface area contributed by atoms with E-state index in [0.717, 1.165) is 25.3 Å². The molecule has 108 valence electrons. The SMILES string of the molecule is COc1cccc(CCNC(C)CNC(C)(C)C)c1. The lowest BCUT2D eigenvalue weighted by Gasteiger charge is -2.24. The minimum Gasteiger partial charge on any atom is -0.497 e. The zero-order valence-corrected chi connectivity index (χ0v) is 12.9. The van der Waals surface area contributed by atoms with E-state index in [1.54, 1.807) is 7.11 Å². The highest BCUT2D eigenvalue weighted by atomic mass is 16.5. The summed E-state index contributed by atoms with van der Waals surface area (Å²) in [6, 6.07) is 8.73. The second-order valence-electron chi connectivity index (χ2n) is 6.09. The number of rotatable bonds is 7. The van der Waals surface area contributed by atoms with E-state index in [0.29, 0.717) is 6.04 Å². The molecule has 3 nitrogen and oxygen atoms in total. The van der Waals surface area contributed by atoms with E-state index < -0.39 is 0 Å². The van der Waals surface area contributed by atoms with Crippen molar-refractivity contribution in [1.82, 2.24) is 10.6 Å². The lowest BCUT2D eigenvalue weighted by molar-refractivity contribution is 0.388. The third-order valence-electron chi connectivity index (χ3n) is 2.98. The smallest absolute Gasteiger partial charge is 0.119 e. The molecule has 19 heavy (non-hydrogen) atoms. The Kier molecular flexibility index (Phi) is 6.32. The Balaban J connectivity index is 2.25. The number of hydrogen-bond donors (Lipinski definition) is 2. The third-order valence-corrected chi connectivity index (χ3v) is 2.98. The van der Waals surface area contributed by atoms with Gasteiger partial charge in [0.05, 0.1) is 7.11 Å². The van der Waals surface area contributed by atoms with Gasteiger partial charge in [-0.2, -0.15) is 0 Å². The van der Waals surface area contributed by atoms with Gasteiger partial charge in [0, 0.05) is 18.1 Å². The molecule has 0 bridgehead atoms. The van der Waals surface area contributed by atoms with Crippen LogP contribution in [0, 0.1) is 0 Å². The van der Waals surface area contributed by atoms with Crippen molar-refractivity contribution < 1.29 is 4.74 Å². The van der Waals surface area contributed by atoms with Crippen LogP contribution in [0.4, 0.5) is 0 Å². The first kappa shape index (κ1) is 16.0. The lowest BCUT2D eigenvalue weighted by atomic mass is 10.1. The van der Waals surface area contributed by atoms with Crippen molar-refractivity contribution in [2.45, 2.75) is 45.7 Å². The maximum atomic E-state index is 5.23. The van der Waals surface area contributed by atoms with Crippen molar-refractivity contribution in [3.8, 4) is 5.75 Å². The Hall–Kier alpha value is -1.06. The molecule has 2 N–H and O–H groups in total. The van der Waals surface area contributed by atoms with Crippen LogP contribution in [0.5, 0.6) is 5.75 Å². The van der Waals surface area contributed by atoms with Crippen molar-refractivity contribution in [3.63, 3.8) is 0 Å². The zero-order valence-electron chi connectivity index (χ0n) is 12.9. The highest BCUT2D eigenvalue weighted by Gasteiger charge is 2.10. The summed E-state index contributed by atoms with van der Waals surface area (Å²) in [6.45, 7) is 10.8. The van der Waals surface area contributed by atoms with Crippen LogP contribution in [0.3, 0.4) is 0 Å². The molecule has 0 aromatic heterocycles. The van der Waals surface area contributed by atoms with Crippen LogP contribution in [0.25, 0.3) is 0 Å². The van der Waals surface area contributed by atoms with E-state index in [-0.39, 0.29) is 5.54 Å². The molecule has 1 unspecified atom stereocenters. The second kappa shape index (κ2) is 7.51. The Bertz CT molecular complexity index is 371. The summed E-state index contributed by atoms with van der Waals surface area (Å²) in [5, 5.41) is 7.04. The van der Waals surface area contributed by atoms with Crippen LogP contribution < -0.4 is 15.4 Å². The molecule has 0 saturated heterocycles. The molecule has 0 spiro atoms. The van der Waals surface area contributed by atoms with Gasteiger partial charge in [-0.15, -0.1) is 0 Å². The molecule has 0 fully saturated rings. The fraction of sp³-hybridized carbons (Fsp3) is 0.625. The molecule has 0 heterocycles. The number of methoxy groups -OCH3 is 1. The van der Waals surface area contributed by atoms with Gasteiger partial charge < -0.3 is 15.4 Å². The van der Waals surface area contributed by atoms with E-state index >= 15 is 0 Å². The summed E-state index contributed by atoms with van der Waals surface area (Å²) in [5.41, 5.74) is 1.49. The van der Waals surface area contributed by atoms with Crippen LogP contribution in [0.15, 0.2) is 24.3 Å². The molecule has 3 heteroatoms. The Morgan fingerprint density at radius 3 is 2.63 bits per heavy atom. The maximum absolute atomic E-state index is 5.23. The fourth-order valence-electron chi connectivity index (χ4n) is 1.82. The predicted octanol–water partition coefficient (Wildman–Crippen LogP) is 2.60. The first-order valence-electron chi connectivity index (χ1n) is 7.02. The van der Waals surface area contributed by atoms with Gasteiger partial charge >= 0.3 is 0 Å². The van der Waals surface area contributed by atoms with E-state index in [1.165, 1.54) is 5.56 Å². The first-order chi connectivity index (χ1) is 8.90. The highest BCUT2D eigenvalue weighted by molar-refractivity contribution is 5.28. The van der Waals surface area contributed by atoms with Gasteiger partial charge in [0.2, 0.25) is 0 Å². The number of benzene rings is 1. The summed E-state index contributed by atoms with van der Waals surface area (Å²) in [7, 11) is 1.71. The van der Waals surface area contributed by atoms with E-state index in [9.17, 15) is 0 Å². The van der Waals surface area contributed by atoms with Crippen LogP contribution in [0.1, 0.15) is 33.3 Å². The third kappa shape index (κ3) is 7.19. The topological polar surface area (TPSA) is 33.3 Å². The van der Waals surface area contributed by atoms with Crippen molar-refractivity contribution in [3.05, 3.63) is 29.8 Å². The largest absolute Gasteiger partial charge is 0.497 e. The molecular weight excluding hydrogens is 236 g/mol. The van der Waals surface area contributed by atoms with Gasteiger partial charge in [0.15, 0.2) is 0 Å². The van der Waals surface area contributed by atoms with E-state index in [1.807, 2.05) is 12.1 Å². The fourth-order valence-corrected chi connectivity index (χ4v) is 1.82. The minimum atomic E-state index is 0.183. The first-order valence-corrected chi connectivity index (χ1v) is 7.02. The molecular formula is C16H28N2O. The predicted molar refractivity (Wildman–Crippen MR) is 81.9 cm³/mol. The monoisotopic (exact) mass is 264 g/mol. The summed E-state index contributed by atoms with van der Waals surface area (Å²) in [5.74, 6) is 0.931. The van der Waals surface area contributed by atoms with Gasteiger partial charge in [0.1, 0.15) is 5.75 Å². The van der Waals surface area contributed by atoms with Gasteiger partial charge in [-0.25, -0.2) is 0 Å². The van der Waals surface area contributed by atoms with Crippen molar-refractivity contribution in [2.24, 2.45) is 0 Å². The quantitative estimate of drug-likeness (QED) is 0.794. The van der Waals surface area contributed by atoms with E-state index in [2.05, 4.69) is 50.5 Å². The zero-order chi connectivity index (χ0) is 14.3. The van der Waals surface area contributed by atoms with Crippen LogP contribution in [-0.2, 0) is 6.42 Å². The average molecular weight is 264 g/mol. The summed E-state index contributed by atoms with van der Waals surface area (Å²) in [6.07, 6.45) is 1.02. The Labute approximate surface area is 117 Å². The Morgan fingerprint density at radius 1 is 1.26 bits per heavy atom. The number of hydrogen-bond acceptors (Lipinski definition) is 3. The van der Waals surface area contributed by atoms with Crippen LogP contribution in [0.2, 0.25) is 0 Å². The van der Waals surface area contributed by atoms with Crippen molar-refractivity contribution in [1.29, 1.82) is 0 Å². The van der Waals surface area contributed by atoms with Gasteiger partial charge in [-0.05, 0) is 58.4 Å². The molecule has 1 atom stereocenters. The molecule has 0 aliphatic rings. The maximum Gasteiger partial charge on any atom is 0.119 e. The lowest BCUT2D eigenvalue weighted by Crippen LogP contribution is -2.44. The summed E-state index contributed by atoms with van der Waals surface area (Å²) < 4.78 is 5.23. The van der Waals surface area contributed by atoms with Crippen LogP contribution >= 0.6 is 0 Å². The van der Waals surface area contributed by atoms with Gasteiger partial charge in [0.25, 0.3) is 0 Å². The molecule has 1 aromatic rings. The Morgan fingerprint density at radius 2 is 2.00 bits per heavy atom. The van der Waals surface area contributed by atoms with Crippen LogP contribution in [-0.4, -0.2) is 31.8 Å². The second-order valence-corrected chi connectivity index (χ2v) is 6.09. The molecule has 0 saturated carbocycles. The van der Waals surface area contributed by atoms with E-state index in [4.69, 9.17) is 4.74 Å². The average Bonchev–Trinajstić information content (AvgIpc) is 2.36. The summed E-state index contributed by atoms with van der Waals surface area (Å²) in [4.78, 5) is 0. The normalized spacial score (nSPS) is 13.3. The minimum absolute atomic E-state index is 0.183. The molecule has 0 aliphatic carbocycles. The molecule has 0 amide bonds. The highest BCUT2D eigenvalue weighted by Crippen LogP contribution is 2.12. The van der Waals surface area contributed by atoms with Gasteiger partial charge in [-0.3, -0.25) is 0 Å². The molecule has 0 aliphatic heterocycles. The summed E-state index contributed by atoms with van der Waals surface area (Å²) >= 11 is 0. The molecule has 1 aromatic carbocycles.